The van der Waals surface area contributed by atoms with Gasteiger partial charge in [0.15, 0.2) is 16.6 Å². The number of hydrogen-bond acceptors (Lipinski definition) is 6. The standard InChI is InChI=1S/C20H21N3O3S.ClH/c1-13-4-6-15-18(10-13)27-20(21-15)23(9-8-22(2)3)19(24)14-5-7-16-17(11-14)26-12-25-16;/h4-7,10-11H,8-9,12H2,1-3H3;1H. The smallest absolute Gasteiger partial charge is 0.260 e. The van der Waals surface area contributed by atoms with E-state index in [0.29, 0.717) is 28.7 Å². The van der Waals surface area contributed by atoms with Gasteiger partial charge in [0.05, 0.1) is 10.2 Å². The number of carbonyl (C=O) groups excluding carboxylic acids is 1. The Morgan fingerprint density at radius 2 is 1.89 bits per heavy atom. The number of rotatable bonds is 5. The Morgan fingerprint density at radius 3 is 2.68 bits per heavy atom. The van der Waals surface area contributed by atoms with Crippen molar-refractivity contribution in [3.8, 4) is 11.5 Å². The number of amides is 1. The minimum absolute atomic E-state index is 0. The van der Waals surface area contributed by atoms with Crippen LogP contribution in [0.2, 0.25) is 0 Å². The second-order valence-electron chi connectivity index (χ2n) is 6.80. The Morgan fingerprint density at radius 1 is 1.11 bits per heavy atom. The van der Waals surface area contributed by atoms with Gasteiger partial charge in [-0.25, -0.2) is 4.98 Å². The summed E-state index contributed by atoms with van der Waals surface area (Å²) in [6.45, 7) is 3.54. The summed E-state index contributed by atoms with van der Waals surface area (Å²) in [6, 6.07) is 11.4. The van der Waals surface area contributed by atoms with Crippen LogP contribution in [0.1, 0.15) is 15.9 Å². The Balaban J connectivity index is 0.00000225. The summed E-state index contributed by atoms with van der Waals surface area (Å²) in [5, 5.41) is 0.708. The van der Waals surface area contributed by atoms with E-state index in [0.717, 1.165) is 16.8 Å². The van der Waals surface area contributed by atoms with Crippen molar-refractivity contribution in [3.63, 3.8) is 0 Å². The minimum atomic E-state index is -0.0917. The average Bonchev–Trinajstić information content (AvgIpc) is 3.26. The van der Waals surface area contributed by atoms with Gasteiger partial charge in [-0.3, -0.25) is 9.69 Å². The molecule has 0 fully saturated rings. The number of nitrogens with zero attached hydrogens (tertiary/aromatic N) is 3. The molecule has 0 unspecified atom stereocenters. The topological polar surface area (TPSA) is 54.9 Å². The molecule has 0 atom stereocenters. The molecule has 0 radical (unpaired) electrons. The summed E-state index contributed by atoms with van der Waals surface area (Å²) in [4.78, 5) is 21.8. The summed E-state index contributed by atoms with van der Waals surface area (Å²) >= 11 is 1.54. The highest BCUT2D eigenvalue weighted by molar-refractivity contribution is 7.22. The molecule has 6 nitrogen and oxygen atoms in total. The summed E-state index contributed by atoms with van der Waals surface area (Å²) in [5.74, 6) is 1.18. The molecule has 0 saturated carbocycles. The van der Waals surface area contributed by atoms with Crippen molar-refractivity contribution in [1.82, 2.24) is 9.88 Å². The van der Waals surface area contributed by atoms with E-state index in [1.807, 2.05) is 26.2 Å². The van der Waals surface area contributed by atoms with Crippen LogP contribution >= 0.6 is 23.7 Å². The van der Waals surface area contributed by atoms with Crippen molar-refractivity contribution in [3.05, 3.63) is 47.5 Å². The van der Waals surface area contributed by atoms with Crippen LogP contribution in [0.15, 0.2) is 36.4 Å². The van der Waals surface area contributed by atoms with E-state index >= 15 is 0 Å². The van der Waals surface area contributed by atoms with E-state index in [9.17, 15) is 4.79 Å². The Labute approximate surface area is 174 Å². The molecule has 3 aromatic rings. The molecule has 0 aliphatic carbocycles. The zero-order valence-corrected chi connectivity index (χ0v) is 17.6. The van der Waals surface area contributed by atoms with Crippen molar-refractivity contribution >= 4 is 45.0 Å². The van der Waals surface area contributed by atoms with Crippen LogP contribution in [0.5, 0.6) is 11.5 Å². The summed E-state index contributed by atoms with van der Waals surface area (Å²) in [6.07, 6.45) is 0. The monoisotopic (exact) mass is 419 g/mol. The molecule has 0 bridgehead atoms. The van der Waals surface area contributed by atoms with Crippen molar-refractivity contribution in [2.24, 2.45) is 0 Å². The molecule has 1 amide bonds. The zero-order valence-electron chi connectivity index (χ0n) is 16.0. The van der Waals surface area contributed by atoms with Gasteiger partial charge >= 0.3 is 0 Å². The predicted molar refractivity (Wildman–Crippen MR) is 114 cm³/mol. The first kappa shape index (κ1) is 20.4. The van der Waals surface area contributed by atoms with E-state index in [1.165, 1.54) is 16.9 Å². The number of likely N-dealkylation sites (N-methyl/N-ethyl adjacent to an activating group) is 1. The highest BCUT2D eigenvalue weighted by Crippen LogP contribution is 2.34. The molecule has 0 saturated heterocycles. The zero-order chi connectivity index (χ0) is 19.0. The van der Waals surface area contributed by atoms with E-state index < -0.39 is 0 Å². The van der Waals surface area contributed by atoms with Gasteiger partial charge in [-0.2, -0.15) is 0 Å². The van der Waals surface area contributed by atoms with Crippen LogP contribution in [-0.2, 0) is 0 Å². The van der Waals surface area contributed by atoms with E-state index in [-0.39, 0.29) is 25.1 Å². The molecule has 28 heavy (non-hydrogen) atoms. The van der Waals surface area contributed by atoms with Crippen molar-refractivity contribution in [2.75, 3.05) is 38.9 Å². The van der Waals surface area contributed by atoms with Crippen LogP contribution in [0.4, 0.5) is 5.13 Å². The molecule has 0 spiro atoms. The lowest BCUT2D eigenvalue weighted by atomic mass is 10.2. The van der Waals surface area contributed by atoms with Gasteiger partial charge < -0.3 is 14.4 Å². The third-order valence-corrected chi connectivity index (χ3v) is 5.44. The number of aromatic nitrogens is 1. The fraction of sp³-hybridized carbons (Fsp3) is 0.300. The van der Waals surface area contributed by atoms with E-state index in [2.05, 4.69) is 17.9 Å². The maximum Gasteiger partial charge on any atom is 0.260 e. The Kier molecular flexibility index (Phi) is 6.07. The quantitative estimate of drug-likeness (QED) is 0.626. The van der Waals surface area contributed by atoms with Crippen molar-refractivity contribution in [2.45, 2.75) is 6.92 Å². The predicted octanol–water partition coefficient (Wildman–Crippen LogP) is 3.96. The lowest BCUT2D eigenvalue weighted by Gasteiger charge is -2.22. The maximum atomic E-state index is 13.3. The van der Waals surface area contributed by atoms with Crippen LogP contribution in [0, 0.1) is 6.92 Å². The number of benzene rings is 2. The number of anilines is 1. The first-order valence-electron chi connectivity index (χ1n) is 8.75. The minimum Gasteiger partial charge on any atom is -0.454 e. The number of fused-ring (bicyclic) bond motifs is 2. The second kappa shape index (κ2) is 8.34. The molecule has 8 heteroatoms. The fourth-order valence-electron chi connectivity index (χ4n) is 2.90. The molecule has 0 N–H and O–H groups in total. The number of hydrogen-bond donors (Lipinski definition) is 0. The molecule has 148 valence electrons. The summed E-state index contributed by atoms with van der Waals surface area (Å²) in [5.41, 5.74) is 2.65. The molecular formula is C20H22ClN3O3S. The SMILES string of the molecule is Cc1ccc2nc(N(CCN(C)C)C(=O)c3ccc4c(c3)OCO4)sc2c1.Cl. The third kappa shape index (κ3) is 4.06. The number of aryl methyl sites for hydroxylation is 1. The molecule has 2 heterocycles. The van der Waals surface area contributed by atoms with Gasteiger partial charge in [0.25, 0.3) is 5.91 Å². The van der Waals surface area contributed by atoms with Gasteiger partial charge in [0.1, 0.15) is 0 Å². The van der Waals surface area contributed by atoms with Crippen LogP contribution < -0.4 is 14.4 Å². The van der Waals surface area contributed by atoms with Crippen LogP contribution in [0.3, 0.4) is 0 Å². The van der Waals surface area contributed by atoms with Crippen LogP contribution in [0.25, 0.3) is 10.2 Å². The number of carbonyl (C=O) groups is 1. The van der Waals surface area contributed by atoms with Crippen molar-refractivity contribution in [1.29, 1.82) is 0 Å². The van der Waals surface area contributed by atoms with Gasteiger partial charge in [0, 0.05) is 18.7 Å². The van der Waals surface area contributed by atoms with Gasteiger partial charge in [-0.05, 0) is 56.9 Å². The first-order valence-corrected chi connectivity index (χ1v) is 9.56. The third-order valence-electron chi connectivity index (χ3n) is 4.40. The van der Waals surface area contributed by atoms with Gasteiger partial charge in [0.2, 0.25) is 6.79 Å². The molecule has 4 rings (SSSR count). The summed E-state index contributed by atoms with van der Waals surface area (Å²) in [7, 11) is 3.98. The lowest BCUT2D eigenvalue weighted by molar-refractivity contribution is 0.0984. The van der Waals surface area contributed by atoms with E-state index in [1.54, 1.807) is 23.1 Å². The maximum absolute atomic E-state index is 13.3. The van der Waals surface area contributed by atoms with E-state index in [4.69, 9.17) is 14.5 Å². The van der Waals surface area contributed by atoms with Crippen molar-refractivity contribution < 1.29 is 14.3 Å². The molecule has 1 aliphatic heterocycles. The highest BCUT2D eigenvalue weighted by Gasteiger charge is 2.24. The van der Waals surface area contributed by atoms with Crippen LogP contribution in [-0.4, -0.2) is 49.8 Å². The van der Waals surface area contributed by atoms with Gasteiger partial charge in [-0.15, -0.1) is 12.4 Å². The normalized spacial score (nSPS) is 12.3. The van der Waals surface area contributed by atoms with Gasteiger partial charge in [-0.1, -0.05) is 17.4 Å². The average molecular weight is 420 g/mol. The highest BCUT2D eigenvalue weighted by atomic mass is 35.5. The second-order valence-corrected chi connectivity index (χ2v) is 7.80. The molecular weight excluding hydrogens is 398 g/mol. The largest absolute Gasteiger partial charge is 0.454 e. The molecule has 2 aromatic carbocycles. The number of thiazole rings is 1. The fourth-order valence-corrected chi connectivity index (χ4v) is 3.99. The lowest BCUT2D eigenvalue weighted by Crippen LogP contribution is -2.36. The Bertz CT molecular complexity index is 1010. The number of ether oxygens (including phenoxy) is 2. The first-order chi connectivity index (χ1) is 13.0. The Hall–Kier alpha value is -2.35. The molecule has 1 aliphatic rings. The summed E-state index contributed by atoms with van der Waals surface area (Å²) < 4.78 is 11.8. The molecule has 1 aromatic heterocycles. The number of halogens is 1.